The molecular formula is C20H24ClN3O5. The molecule has 1 aromatic carbocycles. The fourth-order valence-corrected chi connectivity index (χ4v) is 3.18. The van der Waals surface area contributed by atoms with Gasteiger partial charge in [0.15, 0.2) is 0 Å². The Kier molecular flexibility index (Phi) is 7.78. The predicted octanol–water partition coefficient (Wildman–Crippen LogP) is 2.91. The number of amides is 2. The van der Waals surface area contributed by atoms with Crippen molar-refractivity contribution in [2.75, 3.05) is 6.54 Å². The van der Waals surface area contributed by atoms with Crippen molar-refractivity contribution in [1.82, 2.24) is 15.0 Å². The van der Waals surface area contributed by atoms with Crippen molar-refractivity contribution < 1.29 is 24.0 Å². The molecule has 0 unspecified atom stereocenters. The van der Waals surface area contributed by atoms with Crippen LogP contribution in [-0.4, -0.2) is 50.9 Å². The van der Waals surface area contributed by atoms with Crippen LogP contribution in [0.3, 0.4) is 0 Å². The molecular weight excluding hydrogens is 398 g/mol. The summed E-state index contributed by atoms with van der Waals surface area (Å²) in [6, 6.07) is 8.62. The molecule has 2 amide bonds. The van der Waals surface area contributed by atoms with E-state index in [0.29, 0.717) is 17.3 Å². The van der Waals surface area contributed by atoms with Crippen LogP contribution in [0.1, 0.15) is 43.7 Å². The number of nitrogens with zero attached hydrogens (tertiary/aromatic N) is 3. The topological polar surface area (TPSA) is 104 Å². The Bertz CT molecular complexity index is 867. The third-order valence-electron chi connectivity index (χ3n) is 4.58. The molecule has 1 aliphatic heterocycles. The molecule has 1 N–H and O–H groups in total. The lowest BCUT2D eigenvalue weighted by molar-refractivity contribution is -0.156. The summed E-state index contributed by atoms with van der Waals surface area (Å²) < 4.78 is 5.28. The highest BCUT2D eigenvalue weighted by atomic mass is 35.5. The van der Waals surface area contributed by atoms with Crippen molar-refractivity contribution in [2.24, 2.45) is 0 Å². The molecule has 8 nitrogen and oxygen atoms in total. The summed E-state index contributed by atoms with van der Waals surface area (Å²) in [4.78, 5) is 36.8. The minimum absolute atomic E-state index is 0.0310. The zero-order chi connectivity index (χ0) is 21.6. The van der Waals surface area contributed by atoms with Gasteiger partial charge in [0, 0.05) is 23.6 Å². The summed E-state index contributed by atoms with van der Waals surface area (Å²) >= 11 is 6.18. The molecule has 3 rings (SSSR count). The number of aromatic nitrogens is 1. The quantitative estimate of drug-likeness (QED) is 0.744. The second-order valence-corrected chi connectivity index (χ2v) is 7.37. The van der Waals surface area contributed by atoms with E-state index >= 15 is 0 Å². The maximum atomic E-state index is 12.7. The number of benzene rings is 1. The van der Waals surface area contributed by atoms with Crippen LogP contribution in [0.25, 0.3) is 0 Å². The number of carboxylic acid groups (broad SMARTS) is 1. The number of rotatable bonds is 5. The highest BCUT2D eigenvalue weighted by molar-refractivity contribution is 6.31. The minimum Gasteiger partial charge on any atom is -0.483 e. The van der Waals surface area contributed by atoms with Crippen LogP contribution in [0.5, 0.6) is 0 Å². The Labute approximate surface area is 174 Å². The maximum Gasteiger partial charge on any atom is 0.290 e. The maximum absolute atomic E-state index is 12.7. The van der Waals surface area contributed by atoms with Crippen molar-refractivity contribution in [3.63, 3.8) is 0 Å². The lowest BCUT2D eigenvalue weighted by Gasteiger charge is -2.38. The van der Waals surface area contributed by atoms with Crippen molar-refractivity contribution in [3.05, 3.63) is 52.4 Å². The Morgan fingerprint density at radius 1 is 1.31 bits per heavy atom. The van der Waals surface area contributed by atoms with Gasteiger partial charge in [-0.2, -0.15) is 0 Å². The largest absolute Gasteiger partial charge is 0.483 e. The van der Waals surface area contributed by atoms with Gasteiger partial charge in [0.05, 0.1) is 6.54 Å². The monoisotopic (exact) mass is 421 g/mol. The molecule has 29 heavy (non-hydrogen) atoms. The number of halogens is 1. The van der Waals surface area contributed by atoms with Crippen molar-refractivity contribution in [3.8, 4) is 0 Å². The van der Waals surface area contributed by atoms with Gasteiger partial charge in [-0.15, -0.1) is 0 Å². The number of hydrogen-bond acceptors (Lipinski definition) is 5. The van der Waals surface area contributed by atoms with Gasteiger partial charge in [-0.1, -0.05) is 48.8 Å². The molecule has 9 heteroatoms. The first kappa shape index (κ1) is 22.4. The van der Waals surface area contributed by atoms with E-state index in [-0.39, 0.29) is 37.3 Å². The molecule has 1 aromatic heterocycles. The second kappa shape index (κ2) is 10.1. The average Bonchev–Trinajstić information content (AvgIpc) is 3.14. The predicted molar refractivity (Wildman–Crippen MR) is 106 cm³/mol. The first-order valence-corrected chi connectivity index (χ1v) is 9.51. The number of piperazine rings is 1. The van der Waals surface area contributed by atoms with Gasteiger partial charge in [-0.3, -0.25) is 14.4 Å². The Morgan fingerprint density at radius 3 is 2.55 bits per heavy atom. The summed E-state index contributed by atoms with van der Waals surface area (Å²) in [5.74, 6) is 0.776. The van der Waals surface area contributed by atoms with Gasteiger partial charge < -0.3 is 19.4 Å². The van der Waals surface area contributed by atoms with Crippen LogP contribution in [0, 0.1) is 0 Å². The van der Waals surface area contributed by atoms with E-state index in [1.54, 1.807) is 22.8 Å². The Hall–Kier alpha value is -2.87. The van der Waals surface area contributed by atoms with Crippen LogP contribution < -0.4 is 0 Å². The summed E-state index contributed by atoms with van der Waals surface area (Å²) in [7, 11) is 0. The van der Waals surface area contributed by atoms with E-state index < -0.39 is 6.04 Å². The van der Waals surface area contributed by atoms with E-state index in [1.807, 2.05) is 38.1 Å². The average molecular weight is 422 g/mol. The third kappa shape index (κ3) is 5.57. The van der Waals surface area contributed by atoms with Gasteiger partial charge in [-0.25, -0.2) is 0 Å². The number of carbonyl (C=O) groups excluding carboxylic acids is 2. The van der Waals surface area contributed by atoms with Crippen LogP contribution in [0.4, 0.5) is 0 Å². The Morgan fingerprint density at radius 2 is 1.97 bits per heavy atom. The first-order valence-electron chi connectivity index (χ1n) is 9.13. The molecule has 156 valence electrons. The van der Waals surface area contributed by atoms with Crippen molar-refractivity contribution >= 4 is 29.9 Å². The normalized spacial score (nSPS) is 16.7. The van der Waals surface area contributed by atoms with Gasteiger partial charge in [0.2, 0.25) is 11.8 Å². The second-order valence-electron chi connectivity index (χ2n) is 6.96. The number of hydrogen-bond donors (Lipinski definition) is 1. The van der Waals surface area contributed by atoms with Crippen LogP contribution in [0.15, 0.2) is 34.9 Å². The SMILES string of the molecule is CC(C)c1cc(CN2C(=O)CN(Cc3ccccc3Cl)C(=O)[C@@H]2C)no1.O=CO. The summed E-state index contributed by atoms with van der Waals surface area (Å²) in [5, 5.41) is 11.5. The molecule has 0 spiro atoms. The van der Waals surface area contributed by atoms with Crippen LogP contribution in [-0.2, 0) is 27.5 Å². The zero-order valence-corrected chi connectivity index (χ0v) is 17.3. The van der Waals surface area contributed by atoms with Crippen molar-refractivity contribution in [2.45, 2.75) is 45.8 Å². The van der Waals surface area contributed by atoms with Crippen LogP contribution in [0.2, 0.25) is 5.02 Å². The molecule has 1 atom stereocenters. The molecule has 2 heterocycles. The fraction of sp³-hybridized carbons (Fsp3) is 0.400. The number of carbonyl (C=O) groups is 3. The highest BCUT2D eigenvalue weighted by Gasteiger charge is 2.37. The molecule has 1 fully saturated rings. The smallest absolute Gasteiger partial charge is 0.290 e. The van der Waals surface area contributed by atoms with Gasteiger partial charge in [0.1, 0.15) is 24.0 Å². The molecule has 1 aliphatic rings. The van der Waals surface area contributed by atoms with E-state index in [0.717, 1.165) is 11.3 Å². The first-order chi connectivity index (χ1) is 13.8. The summed E-state index contributed by atoms with van der Waals surface area (Å²) in [5.41, 5.74) is 1.48. The highest BCUT2D eigenvalue weighted by Crippen LogP contribution is 2.22. The van der Waals surface area contributed by atoms with E-state index in [4.69, 9.17) is 26.0 Å². The third-order valence-corrected chi connectivity index (χ3v) is 4.95. The molecule has 0 radical (unpaired) electrons. The van der Waals surface area contributed by atoms with Gasteiger partial charge >= 0.3 is 0 Å². The zero-order valence-electron chi connectivity index (χ0n) is 16.5. The fourth-order valence-electron chi connectivity index (χ4n) is 2.99. The van der Waals surface area contributed by atoms with Crippen molar-refractivity contribution in [1.29, 1.82) is 0 Å². The molecule has 0 saturated carbocycles. The molecule has 0 aliphatic carbocycles. The standard InChI is InChI=1S/C19H22ClN3O3.CH2O2/c1-12(2)17-8-15(21-26-17)10-23-13(3)19(25)22(11-18(23)24)9-14-6-4-5-7-16(14)20;2-1-3/h4-8,12-13H,9-11H2,1-3H3;1H,(H,2,3)/t13-;/m0./s1. The Balaban J connectivity index is 0.000000941. The summed E-state index contributed by atoms with van der Waals surface area (Å²) in [6.45, 7) is 6.13. The van der Waals surface area contributed by atoms with Crippen LogP contribution >= 0.6 is 11.6 Å². The van der Waals surface area contributed by atoms with Gasteiger partial charge in [-0.05, 0) is 18.6 Å². The van der Waals surface area contributed by atoms with Gasteiger partial charge in [0.25, 0.3) is 6.47 Å². The van der Waals surface area contributed by atoms with E-state index in [1.165, 1.54) is 0 Å². The molecule has 0 bridgehead atoms. The lowest BCUT2D eigenvalue weighted by atomic mass is 10.1. The van der Waals surface area contributed by atoms with E-state index in [2.05, 4.69) is 5.16 Å². The summed E-state index contributed by atoms with van der Waals surface area (Å²) in [6.07, 6.45) is 0. The molecule has 2 aromatic rings. The van der Waals surface area contributed by atoms with E-state index in [9.17, 15) is 9.59 Å². The lowest BCUT2D eigenvalue weighted by Crippen LogP contribution is -2.58. The minimum atomic E-state index is -0.557. The molecule has 1 saturated heterocycles.